The van der Waals surface area contributed by atoms with Crippen LogP contribution in [-0.4, -0.2) is 50.8 Å². The molecule has 3 aromatic rings. The Morgan fingerprint density at radius 1 is 1.00 bits per heavy atom. The Balaban J connectivity index is 1.76. The van der Waals surface area contributed by atoms with Gasteiger partial charge in [0.05, 0.1) is 23.6 Å². The van der Waals surface area contributed by atoms with Crippen molar-refractivity contribution in [2.75, 3.05) is 25.5 Å². The minimum absolute atomic E-state index is 0.0451. The Morgan fingerprint density at radius 3 is 2.34 bits per heavy atom. The molecule has 0 bridgehead atoms. The predicted molar refractivity (Wildman–Crippen MR) is 135 cm³/mol. The summed E-state index contributed by atoms with van der Waals surface area (Å²) in [6.07, 6.45) is 1.22. The van der Waals surface area contributed by atoms with E-state index in [0.29, 0.717) is 53.7 Å². The molecule has 0 radical (unpaired) electrons. The molecular formula is C26H29N3O5S. The lowest BCUT2D eigenvalue weighted by Crippen LogP contribution is -2.48. The van der Waals surface area contributed by atoms with Crippen LogP contribution in [0.1, 0.15) is 36.5 Å². The number of para-hydroxylation sites is 1. The monoisotopic (exact) mass is 495 g/mol. The van der Waals surface area contributed by atoms with E-state index < -0.39 is 22.0 Å². The molecule has 0 unspecified atom stereocenters. The molecule has 0 aromatic heterocycles. The highest BCUT2D eigenvalue weighted by Crippen LogP contribution is 2.33. The molecule has 1 aliphatic heterocycles. The first-order valence-electron chi connectivity index (χ1n) is 11.6. The molecule has 35 heavy (non-hydrogen) atoms. The smallest absolute Gasteiger partial charge is 0.267 e. The van der Waals surface area contributed by atoms with Gasteiger partial charge in [-0.3, -0.25) is 9.59 Å². The third-order valence-corrected chi connectivity index (χ3v) is 8.14. The number of amides is 2. The van der Waals surface area contributed by atoms with Gasteiger partial charge in [0.1, 0.15) is 5.75 Å². The minimum Gasteiger partial charge on any atom is -0.496 e. The van der Waals surface area contributed by atoms with Gasteiger partial charge in [0.2, 0.25) is 5.91 Å². The summed E-state index contributed by atoms with van der Waals surface area (Å²) in [5.74, 6) is -0.362. The molecule has 1 fully saturated rings. The van der Waals surface area contributed by atoms with Crippen molar-refractivity contribution in [3.8, 4) is 5.75 Å². The van der Waals surface area contributed by atoms with Crippen LogP contribution in [0.4, 0.5) is 5.69 Å². The van der Waals surface area contributed by atoms with Gasteiger partial charge >= 0.3 is 0 Å². The standard InChI is InChI=1S/C26H29N3O5S/c1-3-25(30)29(18-14-16-27-17-15-18)35(32,33)24-13-12-22(19-8-4-5-9-20(19)24)28-26(31)21-10-6-7-11-23(21)34-2/h4-13,18,27H,3,14-17H2,1-2H3,(H,28,31). The second-order valence-electron chi connectivity index (χ2n) is 8.34. The summed E-state index contributed by atoms with van der Waals surface area (Å²) < 4.78 is 34.1. The summed E-state index contributed by atoms with van der Waals surface area (Å²) in [7, 11) is -2.63. The number of carbonyl (C=O) groups excluding carboxylic acids is 2. The van der Waals surface area contributed by atoms with Crippen LogP contribution in [0.2, 0.25) is 0 Å². The van der Waals surface area contributed by atoms with Gasteiger partial charge in [0.25, 0.3) is 15.9 Å². The lowest BCUT2D eigenvalue weighted by Gasteiger charge is -2.34. The predicted octanol–water partition coefficient (Wildman–Crippen LogP) is 3.78. The number of anilines is 1. The molecule has 0 atom stereocenters. The number of hydrogen-bond donors (Lipinski definition) is 2. The van der Waals surface area contributed by atoms with Crippen molar-refractivity contribution in [2.24, 2.45) is 0 Å². The number of carbonyl (C=O) groups is 2. The number of rotatable bonds is 7. The van der Waals surface area contributed by atoms with Crippen LogP contribution in [0.15, 0.2) is 65.6 Å². The molecule has 0 aliphatic carbocycles. The summed E-state index contributed by atoms with van der Waals surface area (Å²) >= 11 is 0. The number of hydrogen-bond acceptors (Lipinski definition) is 6. The highest BCUT2D eigenvalue weighted by molar-refractivity contribution is 7.90. The largest absolute Gasteiger partial charge is 0.496 e. The molecule has 0 saturated carbocycles. The van der Waals surface area contributed by atoms with Crippen molar-refractivity contribution in [1.29, 1.82) is 0 Å². The lowest BCUT2D eigenvalue weighted by molar-refractivity contribution is -0.128. The summed E-state index contributed by atoms with van der Waals surface area (Å²) in [5.41, 5.74) is 0.826. The molecule has 2 amide bonds. The Kier molecular flexibility index (Phi) is 7.37. The molecule has 3 aromatic carbocycles. The van der Waals surface area contributed by atoms with E-state index >= 15 is 0 Å². The second-order valence-corrected chi connectivity index (χ2v) is 10.1. The van der Waals surface area contributed by atoms with E-state index in [-0.39, 0.29) is 17.2 Å². The maximum absolute atomic E-state index is 13.9. The van der Waals surface area contributed by atoms with Gasteiger partial charge in [-0.2, -0.15) is 0 Å². The van der Waals surface area contributed by atoms with E-state index in [1.807, 2.05) is 0 Å². The van der Waals surface area contributed by atoms with Crippen molar-refractivity contribution in [3.05, 3.63) is 66.2 Å². The Morgan fingerprint density at radius 2 is 1.66 bits per heavy atom. The molecule has 8 nitrogen and oxygen atoms in total. The number of nitrogens with zero attached hydrogens (tertiary/aromatic N) is 1. The van der Waals surface area contributed by atoms with Crippen LogP contribution >= 0.6 is 0 Å². The van der Waals surface area contributed by atoms with Crippen molar-refractivity contribution in [2.45, 2.75) is 37.1 Å². The third kappa shape index (κ3) is 4.87. The van der Waals surface area contributed by atoms with Gasteiger partial charge in [-0.15, -0.1) is 0 Å². The average Bonchev–Trinajstić information content (AvgIpc) is 2.89. The fourth-order valence-electron chi connectivity index (χ4n) is 4.46. The fourth-order valence-corrected chi connectivity index (χ4v) is 6.37. The summed E-state index contributed by atoms with van der Waals surface area (Å²) in [5, 5.41) is 7.09. The Hall–Kier alpha value is -3.43. The van der Waals surface area contributed by atoms with Gasteiger partial charge in [0.15, 0.2) is 0 Å². The molecule has 0 spiro atoms. The Bertz CT molecular complexity index is 1350. The molecule has 9 heteroatoms. The Labute approximate surface area is 205 Å². The van der Waals surface area contributed by atoms with E-state index in [0.717, 1.165) is 4.31 Å². The van der Waals surface area contributed by atoms with Crippen LogP contribution in [-0.2, 0) is 14.8 Å². The van der Waals surface area contributed by atoms with E-state index in [1.165, 1.54) is 13.2 Å². The van der Waals surface area contributed by atoms with E-state index in [2.05, 4.69) is 10.6 Å². The lowest BCUT2D eigenvalue weighted by atomic mass is 10.1. The number of methoxy groups -OCH3 is 1. The summed E-state index contributed by atoms with van der Waals surface area (Å²) in [6, 6.07) is 16.5. The number of sulfonamides is 1. The van der Waals surface area contributed by atoms with E-state index in [1.54, 1.807) is 61.5 Å². The summed E-state index contributed by atoms with van der Waals surface area (Å²) in [4.78, 5) is 25.9. The van der Waals surface area contributed by atoms with Crippen LogP contribution in [0.3, 0.4) is 0 Å². The van der Waals surface area contributed by atoms with Gasteiger partial charge in [-0.25, -0.2) is 12.7 Å². The van der Waals surface area contributed by atoms with Crippen molar-refractivity contribution < 1.29 is 22.7 Å². The quantitative estimate of drug-likeness (QED) is 0.517. The van der Waals surface area contributed by atoms with Crippen LogP contribution in [0.25, 0.3) is 10.8 Å². The molecule has 1 heterocycles. The van der Waals surface area contributed by atoms with Crippen LogP contribution in [0, 0.1) is 0 Å². The van der Waals surface area contributed by atoms with Crippen molar-refractivity contribution in [3.63, 3.8) is 0 Å². The van der Waals surface area contributed by atoms with Crippen LogP contribution in [0.5, 0.6) is 5.75 Å². The zero-order chi connectivity index (χ0) is 25.0. The molecule has 4 rings (SSSR count). The number of ether oxygens (including phenoxy) is 1. The highest BCUT2D eigenvalue weighted by atomic mass is 32.2. The maximum Gasteiger partial charge on any atom is 0.267 e. The molecular weight excluding hydrogens is 466 g/mol. The topological polar surface area (TPSA) is 105 Å². The summed E-state index contributed by atoms with van der Waals surface area (Å²) in [6.45, 7) is 2.98. The fraction of sp³-hybridized carbons (Fsp3) is 0.308. The zero-order valence-electron chi connectivity index (χ0n) is 19.8. The molecule has 1 saturated heterocycles. The number of fused-ring (bicyclic) bond motifs is 1. The second kappa shape index (κ2) is 10.5. The van der Waals surface area contributed by atoms with Gasteiger partial charge in [-0.05, 0) is 50.2 Å². The SMILES string of the molecule is CCC(=O)N(C1CCNCC1)S(=O)(=O)c1ccc(NC(=O)c2ccccc2OC)c2ccccc12. The third-order valence-electron chi connectivity index (χ3n) is 6.21. The first-order valence-corrected chi connectivity index (χ1v) is 13.1. The van der Waals surface area contributed by atoms with Gasteiger partial charge in [-0.1, -0.05) is 43.3 Å². The molecule has 2 N–H and O–H groups in total. The highest BCUT2D eigenvalue weighted by Gasteiger charge is 2.36. The zero-order valence-corrected chi connectivity index (χ0v) is 20.6. The van der Waals surface area contributed by atoms with Gasteiger partial charge in [0, 0.05) is 22.9 Å². The number of nitrogens with one attached hydrogen (secondary N) is 2. The van der Waals surface area contributed by atoms with Crippen molar-refractivity contribution >= 4 is 38.3 Å². The number of piperidine rings is 1. The first-order chi connectivity index (χ1) is 16.9. The minimum atomic E-state index is -4.12. The number of benzene rings is 3. The molecule has 184 valence electrons. The molecule has 1 aliphatic rings. The average molecular weight is 496 g/mol. The maximum atomic E-state index is 13.9. The van der Waals surface area contributed by atoms with E-state index in [4.69, 9.17) is 4.74 Å². The van der Waals surface area contributed by atoms with E-state index in [9.17, 15) is 18.0 Å². The van der Waals surface area contributed by atoms with Gasteiger partial charge < -0.3 is 15.4 Å². The van der Waals surface area contributed by atoms with Crippen LogP contribution < -0.4 is 15.4 Å². The first kappa shape index (κ1) is 24.7. The normalized spacial score (nSPS) is 14.5. The van der Waals surface area contributed by atoms with Crippen molar-refractivity contribution in [1.82, 2.24) is 9.62 Å².